The minimum absolute atomic E-state index is 0.366. The Morgan fingerprint density at radius 1 is 1.20 bits per heavy atom. The highest BCUT2D eigenvalue weighted by Gasteiger charge is 2.18. The van der Waals surface area contributed by atoms with Crippen LogP contribution in [0.2, 0.25) is 0 Å². The Labute approximate surface area is 141 Å². The normalized spacial score (nSPS) is 10.7. The number of nitrogens with one attached hydrogen (secondary N) is 2. The maximum atomic E-state index is 12.0. The van der Waals surface area contributed by atoms with Crippen molar-refractivity contribution in [1.82, 2.24) is 35.6 Å². The number of H-pyrrole nitrogens is 2. The molecule has 122 valence electrons. The van der Waals surface area contributed by atoms with Gasteiger partial charge in [0.15, 0.2) is 0 Å². The van der Waals surface area contributed by atoms with Gasteiger partial charge in [0, 0.05) is 28.5 Å². The third kappa shape index (κ3) is 2.63. The lowest BCUT2D eigenvalue weighted by molar-refractivity contribution is 0.100. The van der Waals surface area contributed by atoms with Crippen LogP contribution in [0.5, 0.6) is 0 Å². The number of amides is 1. The van der Waals surface area contributed by atoms with E-state index in [1.54, 1.807) is 43.0 Å². The van der Waals surface area contributed by atoms with Crippen LogP contribution in [0.1, 0.15) is 10.4 Å². The Bertz CT molecular complexity index is 1020. The number of nitrogens with zero attached hydrogens (tertiary/aromatic N) is 5. The van der Waals surface area contributed by atoms with E-state index in [1.807, 2.05) is 6.07 Å². The molecule has 0 saturated heterocycles. The van der Waals surface area contributed by atoms with Crippen LogP contribution in [0, 0.1) is 0 Å². The van der Waals surface area contributed by atoms with Crippen LogP contribution < -0.4 is 5.73 Å². The Kier molecular flexibility index (Phi) is 3.51. The summed E-state index contributed by atoms with van der Waals surface area (Å²) < 4.78 is 0. The minimum atomic E-state index is -0.539. The highest BCUT2D eigenvalue weighted by molar-refractivity contribution is 6.03. The topological polar surface area (TPSA) is 139 Å². The van der Waals surface area contributed by atoms with Gasteiger partial charge in [-0.25, -0.2) is 4.98 Å². The number of pyridine rings is 1. The molecule has 0 aliphatic carbocycles. The Morgan fingerprint density at radius 2 is 2.12 bits per heavy atom. The van der Waals surface area contributed by atoms with Crippen LogP contribution in [-0.4, -0.2) is 41.5 Å². The van der Waals surface area contributed by atoms with Gasteiger partial charge in [-0.2, -0.15) is 5.21 Å². The summed E-state index contributed by atoms with van der Waals surface area (Å²) in [5, 5.41) is 13.9. The second kappa shape index (κ2) is 5.96. The third-order valence-electron chi connectivity index (χ3n) is 3.74. The summed E-state index contributed by atoms with van der Waals surface area (Å²) in [6.07, 6.45) is 4.86. The maximum Gasteiger partial charge on any atom is 0.249 e. The third-order valence-corrected chi connectivity index (χ3v) is 3.74. The Balaban J connectivity index is 1.96. The maximum absolute atomic E-state index is 12.0. The van der Waals surface area contributed by atoms with Crippen molar-refractivity contribution in [3.63, 3.8) is 0 Å². The predicted molar refractivity (Wildman–Crippen MR) is 88.9 cm³/mol. The average Bonchev–Trinajstić information content (AvgIpc) is 3.35. The number of carbonyl (C=O) groups excluding carboxylic acids is 1. The number of primary amides is 1. The summed E-state index contributed by atoms with van der Waals surface area (Å²) in [5.74, 6) is -0.105. The molecule has 0 atom stereocenters. The van der Waals surface area contributed by atoms with E-state index in [1.165, 1.54) is 0 Å². The van der Waals surface area contributed by atoms with E-state index >= 15 is 0 Å². The molecule has 0 fully saturated rings. The number of rotatable bonds is 4. The van der Waals surface area contributed by atoms with Gasteiger partial charge in [0.05, 0.1) is 23.9 Å². The van der Waals surface area contributed by atoms with E-state index in [9.17, 15) is 4.79 Å². The first-order chi connectivity index (χ1) is 12.2. The molecular formula is C16H12N8O. The molecule has 25 heavy (non-hydrogen) atoms. The molecule has 9 heteroatoms. The predicted octanol–water partition coefficient (Wildman–Crippen LogP) is 1.42. The molecule has 0 aliphatic rings. The monoisotopic (exact) mass is 332 g/mol. The summed E-state index contributed by atoms with van der Waals surface area (Å²) in [6.45, 7) is 0. The molecule has 1 aromatic carbocycles. The average molecular weight is 332 g/mol. The lowest BCUT2D eigenvalue weighted by Gasteiger charge is -2.12. The molecule has 0 spiro atoms. The molecule has 1 amide bonds. The van der Waals surface area contributed by atoms with Crippen molar-refractivity contribution in [2.45, 2.75) is 0 Å². The van der Waals surface area contributed by atoms with E-state index in [2.05, 4.69) is 35.6 Å². The van der Waals surface area contributed by atoms with Gasteiger partial charge in [-0.15, -0.1) is 10.2 Å². The fourth-order valence-electron chi connectivity index (χ4n) is 2.65. The molecule has 3 aromatic heterocycles. The van der Waals surface area contributed by atoms with Gasteiger partial charge in [0.1, 0.15) is 0 Å². The summed E-state index contributed by atoms with van der Waals surface area (Å²) in [4.78, 5) is 23.4. The van der Waals surface area contributed by atoms with Gasteiger partial charge in [-0.05, 0) is 23.4 Å². The van der Waals surface area contributed by atoms with Crippen LogP contribution in [0.15, 0.2) is 49.1 Å². The number of benzene rings is 1. The van der Waals surface area contributed by atoms with E-state index < -0.39 is 5.91 Å². The van der Waals surface area contributed by atoms with Crippen molar-refractivity contribution >= 4 is 5.91 Å². The molecule has 4 rings (SSSR count). The van der Waals surface area contributed by atoms with Crippen molar-refractivity contribution in [2.24, 2.45) is 5.73 Å². The number of hydrogen-bond acceptors (Lipinski definition) is 6. The first-order valence-corrected chi connectivity index (χ1v) is 7.36. The molecule has 0 saturated carbocycles. The van der Waals surface area contributed by atoms with Crippen LogP contribution in [0.25, 0.3) is 33.9 Å². The molecule has 0 radical (unpaired) electrons. The number of imidazole rings is 1. The SMILES string of the molecule is NC(=O)c1cccc(-c2cnc[nH]2)c1-c1cc(-c2nn[nH]n2)ccn1. The van der Waals surface area contributed by atoms with Crippen molar-refractivity contribution in [3.8, 4) is 33.9 Å². The van der Waals surface area contributed by atoms with Gasteiger partial charge >= 0.3 is 0 Å². The number of hydrogen-bond donors (Lipinski definition) is 3. The molecule has 9 nitrogen and oxygen atoms in total. The lowest BCUT2D eigenvalue weighted by Crippen LogP contribution is -2.13. The zero-order valence-corrected chi connectivity index (χ0v) is 12.8. The Hall–Kier alpha value is -3.88. The summed E-state index contributed by atoms with van der Waals surface area (Å²) in [7, 11) is 0. The highest BCUT2D eigenvalue weighted by Crippen LogP contribution is 2.34. The molecule has 4 aromatic rings. The van der Waals surface area contributed by atoms with Gasteiger partial charge in [-0.1, -0.05) is 12.1 Å². The molecule has 3 heterocycles. The van der Waals surface area contributed by atoms with Crippen LogP contribution in [-0.2, 0) is 0 Å². The molecule has 0 aliphatic heterocycles. The quantitative estimate of drug-likeness (QED) is 0.516. The summed E-state index contributed by atoms with van der Waals surface area (Å²) >= 11 is 0. The number of tetrazole rings is 1. The second-order valence-corrected chi connectivity index (χ2v) is 5.22. The fraction of sp³-hybridized carbons (Fsp3) is 0. The van der Waals surface area contributed by atoms with E-state index in [0.29, 0.717) is 28.2 Å². The Morgan fingerprint density at radius 3 is 2.84 bits per heavy atom. The van der Waals surface area contributed by atoms with Crippen LogP contribution in [0.3, 0.4) is 0 Å². The van der Waals surface area contributed by atoms with Crippen molar-refractivity contribution in [2.75, 3.05) is 0 Å². The summed E-state index contributed by atoms with van der Waals surface area (Å²) in [6, 6.07) is 8.85. The van der Waals surface area contributed by atoms with E-state index in [0.717, 1.165) is 11.3 Å². The van der Waals surface area contributed by atoms with Crippen molar-refractivity contribution in [3.05, 3.63) is 54.6 Å². The van der Waals surface area contributed by atoms with E-state index in [-0.39, 0.29) is 0 Å². The van der Waals surface area contributed by atoms with Crippen molar-refractivity contribution in [1.29, 1.82) is 0 Å². The first-order valence-electron chi connectivity index (χ1n) is 7.36. The first kappa shape index (κ1) is 14.7. The second-order valence-electron chi connectivity index (χ2n) is 5.22. The summed E-state index contributed by atoms with van der Waals surface area (Å²) in [5.41, 5.74) is 9.37. The standard InChI is InChI=1S/C16H12N8O/c17-15(25)11-3-1-2-10(13-7-18-8-20-13)14(11)12-6-9(4-5-19-12)16-21-23-24-22-16/h1-8H,(H2,17,25)(H,18,20)(H,21,22,23,24). The number of carbonyl (C=O) groups is 1. The minimum Gasteiger partial charge on any atom is -0.366 e. The zero-order valence-electron chi connectivity index (χ0n) is 12.8. The van der Waals surface area contributed by atoms with Crippen LogP contribution in [0.4, 0.5) is 0 Å². The van der Waals surface area contributed by atoms with E-state index in [4.69, 9.17) is 5.73 Å². The molecular weight excluding hydrogens is 320 g/mol. The molecule has 0 bridgehead atoms. The van der Waals surface area contributed by atoms with Crippen molar-refractivity contribution < 1.29 is 4.79 Å². The highest BCUT2D eigenvalue weighted by atomic mass is 16.1. The molecule has 0 unspecified atom stereocenters. The van der Waals surface area contributed by atoms with Gasteiger partial charge in [0.25, 0.3) is 0 Å². The molecule has 4 N–H and O–H groups in total. The largest absolute Gasteiger partial charge is 0.366 e. The van der Waals surface area contributed by atoms with Crippen LogP contribution >= 0.6 is 0 Å². The number of nitrogens with two attached hydrogens (primary N) is 1. The lowest BCUT2D eigenvalue weighted by atomic mass is 9.95. The fourth-order valence-corrected chi connectivity index (χ4v) is 2.65. The van der Waals surface area contributed by atoms with Gasteiger partial charge in [0.2, 0.25) is 11.7 Å². The zero-order chi connectivity index (χ0) is 17.2. The number of aromatic amines is 2. The smallest absolute Gasteiger partial charge is 0.249 e. The number of aromatic nitrogens is 7. The van der Waals surface area contributed by atoms with Gasteiger partial charge in [-0.3, -0.25) is 9.78 Å². The van der Waals surface area contributed by atoms with Gasteiger partial charge < -0.3 is 10.7 Å².